The van der Waals surface area contributed by atoms with Crippen molar-refractivity contribution in [1.29, 1.82) is 0 Å². The van der Waals surface area contributed by atoms with Gasteiger partial charge in [-0.15, -0.1) is 0 Å². The predicted molar refractivity (Wildman–Crippen MR) is 138 cm³/mol. The van der Waals surface area contributed by atoms with Crippen LogP contribution in [0.1, 0.15) is 11.3 Å². The van der Waals surface area contributed by atoms with Crippen molar-refractivity contribution in [2.75, 3.05) is 26.3 Å². The van der Waals surface area contributed by atoms with Crippen molar-refractivity contribution in [3.8, 4) is 0 Å². The lowest BCUT2D eigenvalue weighted by molar-refractivity contribution is 0.0750. The Kier molecular flexibility index (Phi) is 6.07. The zero-order valence-electron chi connectivity index (χ0n) is 18.1. The summed E-state index contributed by atoms with van der Waals surface area (Å²) in [6.07, 6.45) is 2.07. The molecule has 1 saturated heterocycles. The highest BCUT2D eigenvalue weighted by Gasteiger charge is 2.34. The van der Waals surface area contributed by atoms with Crippen molar-refractivity contribution in [3.05, 3.63) is 102 Å². The summed E-state index contributed by atoms with van der Waals surface area (Å²) in [6.45, 7) is 5.19. The normalized spacial score (nSPS) is 15.0. The lowest BCUT2D eigenvalue weighted by atomic mass is 10.3. The van der Waals surface area contributed by atoms with Gasteiger partial charge in [0, 0.05) is 35.4 Å². The molecule has 162 valence electrons. The van der Waals surface area contributed by atoms with Crippen LogP contribution in [0.25, 0.3) is 5.52 Å². The van der Waals surface area contributed by atoms with E-state index < -0.39 is 7.21 Å². The number of aromatic nitrogens is 1. The molecule has 0 aliphatic carbocycles. The van der Waals surface area contributed by atoms with Crippen LogP contribution in [0.15, 0.2) is 95.9 Å². The van der Waals surface area contributed by atoms with E-state index in [0.29, 0.717) is 18.2 Å². The van der Waals surface area contributed by atoms with E-state index in [9.17, 15) is 0 Å². The summed E-state index contributed by atoms with van der Waals surface area (Å²) in [7, 11) is -2.35. The monoisotopic (exact) mass is 459 g/mol. The number of aryl methyl sites for hydroxylation is 1. The third-order valence-corrected chi connectivity index (χ3v) is 10.1. The summed E-state index contributed by atoms with van der Waals surface area (Å²) in [4.78, 5) is 0.654. The van der Waals surface area contributed by atoms with Gasteiger partial charge in [-0.25, -0.2) is 4.74 Å². The van der Waals surface area contributed by atoms with E-state index in [2.05, 4.69) is 101 Å². The second kappa shape index (κ2) is 9.13. The van der Waals surface area contributed by atoms with Gasteiger partial charge < -0.3 is 9.14 Å². The van der Waals surface area contributed by atoms with Gasteiger partial charge in [-0.05, 0) is 30.7 Å². The average Bonchev–Trinajstić information content (AvgIpc) is 3.20. The Labute approximate surface area is 194 Å². The molecule has 1 aliphatic rings. The maximum atomic E-state index is 6.09. The van der Waals surface area contributed by atoms with Crippen LogP contribution in [0.3, 0.4) is 0 Å². The zero-order chi connectivity index (χ0) is 22.0. The Balaban J connectivity index is 1.80. The third kappa shape index (κ3) is 3.76. The smallest absolute Gasteiger partial charge is 0.151 e. The van der Waals surface area contributed by atoms with Gasteiger partial charge in [0.2, 0.25) is 0 Å². The largest absolute Gasteiger partial charge is 0.379 e. The van der Waals surface area contributed by atoms with Crippen LogP contribution in [-0.2, 0) is 4.74 Å². The van der Waals surface area contributed by atoms with Crippen molar-refractivity contribution < 1.29 is 4.74 Å². The molecule has 5 rings (SSSR count). The molecule has 0 radical (unpaired) electrons. The molecular weight excluding hydrogens is 433 g/mol. The number of pyridine rings is 1. The number of morpholine rings is 1. The number of benzene rings is 2. The summed E-state index contributed by atoms with van der Waals surface area (Å²) in [5, 5.41) is 2.43. The molecule has 0 saturated carbocycles. The first-order chi connectivity index (χ1) is 15.7. The lowest BCUT2D eigenvalue weighted by Crippen LogP contribution is -2.40. The molecule has 0 amide bonds. The molecule has 2 aromatic heterocycles. The summed E-state index contributed by atoms with van der Waals surface area (Å²) in [6, 6.07) is 29.7. The molecule has 3 heterocycles. The first-order valence-corrected chi connectivity index (χ1v) is 13.0. The van der Waals surface area contributed by atoms with Crippen LogP contribution in [0.4, 0.5) is 0 Å². The molecule has 0 N–H and O–H groups in total. The van der Waals surface area contributed by atoms with Gasteiger partial charge in [-0.1, -0.05) is 78.9 Å². The van der Waals surface area contributed by atoms with Crippen molar-refractivity contribution in [3.63, 3.8) is 0 Å². The molecule has 4 aromatic rings. The number of hydrogen-bond acceptors (Lipinski definition) is 2. The molecule has 32 heavy (non-hydrogen) atoms. The van der Waals surface area contributed by atoms with E-state index in [0.717, 1.165) is 29.9 Å². The number of thiocarbonyl (C=S) groups is 1. The first kappa shape index (κ1) is 21.3. The molecule has 0 bridgehead atoms. The number of nitrogens with zero attached hydrogens (tertiary/aromatic N) is 3. The van der Waals surface area contributed by atoms with Gasteiger partial charge in [0.05, 0.1) is 26.1 Å². The molecule has 0 atom stereocenters. The number of hydrogen-bond donors (Lipinski definition) is 0. The Morgan fingerprint density at radius 1 is 0.875 bits per heavy atom. The highest BCUT2D eigenvalue weighted by Crippen LogP contribution is 2.52. The topological polar surface area (TPSA) is 29.2 Å². The number of rotatable bonds is 4. The van der Waals surface area contributed by atoms with Gasteiger partial charge >= 0.3 is 0 Å². The molecule has 4 nitrogen and oxygen atoms in total. The van der Waals surface area contributed by atoms with Crippen molar-refractivity contribution in [2.24, 2.45) is 4.74 Å². The molecular formula is C26H26N3OPS. The minimum atomic E-state index is -2.35. The van der Waals surface area contributed by atoms with Gasteiger partial charge in [-0.2, -0.15) is 0 Å². The average molecular weight is 460 g/mol. The Bertz CT molecular complexity index is 1250. The van der Waals surface area contributed by atoms with E-state index in [1.165, 1.54) is 10.6 Å². The fourth-order valence-corrected chi connectivity index (χ4v) is 8.68. The van der Waals surface area contributed by atoms with E-state index in [-0.39, 0.29) is 0 Å². The second-order valence-electron chi connectivity index (χ2n) is 7.91. The van der Waals surface area contributed by atoms with Crippen molar-refractivity contribution in [2.45, 2.75) is 6.92 Å². The zero-order valence-corrected chi connectivity index (χ0v) is 19.8. The van der Waals surface area contributed by atoms with Gasteiger partial charge in [0.1, 0.15) is 0 Å². The highest BCUT2D eigenvalue weighted by atomic mass is 32.1. The fraction of sp³-hybridized carbons (Fsp3) is 0.192. The molecule has 2 aromatic carbocycles. The third-order valence-electron chi connectivity index (χ3n) is 5.94. The van der Waals surface area contributed by atoms with Crippen LogP contribution in [-0.4, -0.2) is 40.4 Å². The molecule has 1 aliphatic heterocycles. The van der Waals surface area contributed by atoms with E-state index in [1.807, 2.05) is 6.07 Å². The first-order valence-electron chi connectivity index (χ1n) is 10.9. The Hall–Kier alpha value is -2.56. The molecule has 0 unspecified atom stereocenters. The summed E-state index contributed by atoms with van der Waals surface area (Å²) in [5.74, 6) is 0. The van der Waals surface area contributed by atoms with Crippen LogP contribution in [0, 0.1) is 6.92 Å². The quantitative estimate of drug-likeness (QED) is 0.317. The maximum Gasteiger partial charge on any atom is 0.151 e. The van der Waals surface area contributed by atoms with Crippen LogP contribution in [0.5, 0.6) is 0 Å². The van der Waals surface area contributed by atoms with Crippen LogP contribution in [0.2, 0.25) is 0 Å². The molecule has 0 spiro atoms. The molecule has 1 fully saturated rings. The molecule has 6 heteroatoms. The number of ether oxygens (including phenoxy) is 1. The number of fused-ring (bicyclic) bond motifs is 1. The second-order valence-corrected chi connectivity index (χ2v) is 11.3. The van der Waals surface area contributed by atoms with Gasteiger partial charge in [-0.3, -0.25) is 4.67 Å². The standard InChI is InChI=1S/C26H26N3OPS/c1-21-20-22-10-8-9-15-29(22)25(21)26(32)27-31(23-11-4-2-5-12-23,24-13-6-3-7-14-24)28-16-18-30-19-17-28/h2-15,20H,16-19H2,1H3. The minimum Gasteiger partial charge on any atom is -0.379 e. The van der Waals surface area contributed by atoms with Crippen LogP contribution < -0.4 is 10.6 Å². The highest BCUT2D eigenvalue weighted by molar-refractivity contribution is 7.83. The summed E-state index contributed by atoms with van der Waals surface area (Å²) in [5.41, 5.74) is 3.28. The fourth-order valence-electron chi connectivity index (χ4n) is 4.48. The van der Waals surface area contributed by atoms with Gasteiger partial charge in [0.15, 0.2) is 4.99 Å². The van der Waals surface area contributed by atoms with Crippen LogP contribution >= 0.6 is 19.4 Å². The van der Waals surface area contributed by atoms with Crippen molar-refractivity contribution in [1.82, 2.24) is 9.07 Å². The Morgan fingerprint density at radius 3 is 2.09 bits per heavy atom. The maximum absolute atomic E-state index is 6.09. The predicted octanol–water partition coefficient (Wildman–Crippen LogP) is 5.02. The van der Waals surface area contributed by atoms with E-state index >= 15 is 0 Å². The summed E-state index contributed by atoms with van der Waals surface area (Å²) < 4.78 is 15.9. The minimum absolute atomic E-state index is 0.654. The lowest BCUT2D eigenvalue weighted by Gasteiger charge is -2.39. The van der Waals surface area contributed by atoms with Crippen molar-refractivity contribution >= 4 is 40.5 Å². The van der Waals surface area contributed by atoms with Gasteiger partial charge in [0.25, 0.3) is 0 Å². The van der Waals surface area contributed by atoms with E-state index in [4.69, 9.17) is 21.7 Å². The Morgan fingerprint density at radius 2 is 1.47 bits per heavy atom. The van der Waals surface area contributed by atoms with E-state index in [1.54, 1.807) is 0 Å². The summed E-state index contributed by atoms with van der Waals surface area (Å²) >= 11 is 6.09. The SMILES string of the molecule is Cc1cc2ccccn2c1C(=S)N=P(c1ccccc1)(c1ccccc1)N1CCOCC1.